The largest absolute Gasteiger partial charge is 0.480 e. The van der Waals surface area contributed by atoms with Crippen molar-refractivity contribution in [2.45, 2.75) is 38.5 Å². The number of likely N-dealkylation sites (tertiary alicyclic amines) is 1. The van der Waals surface area contributed by atoms with Gasteiger partial charge in [-0.25, -0.2) is 4.79 Å². The van der Waals surface area contributed by atoms with Crippen molar-refractivity contribution in [1.29, 1.82) is 0 Å². The summed E-state index contributed by atoms with van der Waals surface area (Å²) in [6, 6.07) is -0.565. The van der Waals surface area contributed by atoms with Crippen LogP contribution < -0.4 is 5.32 Å². The van der Waals surface area contributed by atoms with E-state index in [2.05, 4.69) is 5.32 Å². The third-order valence-corrected chi connectivity index (χ3v) is 2.86. The number of nitrogens with one attached hydrogen (secondary N) is 1. The zero-order valence-corrected chi connectivity index (χ0v) is 10.5. The lowest BCUT2D eigenvalue weighted by atomic mass is 10.2. The molecule has 0 aromatic carbocycles. The number of hydrogen-bond donors (Lipinski definition) is 2. The standard InChI is InChI=1S/C11H20N2O4/c1-7(2)12-5-10(14)13-6-8(17-3)4-9(13)11(15)16/h7-9,12H,4-6H2,1-3H3,(H,15,16). The van der Waals surface area contributed by atoms with Crippen LogP contribution in [0.4, 0.5) is 0 Å². The zero-order valence-electron chi connectivity index (χ0n) is 10.5. The average Bonchev–Trinajstić information content (AvgIpc) is 2.69. The SMILES string of the molecule is COC1CC(C(=O)O)N(C(=O)CNC(C)C)C1. The molecule has 6 heteroatoms. The van der Waals surface area contributed by atoms with E-state index >= 15 is 0 Å². The van der Waals surface area contributed by atoms with E-state index in [1.807, 2.05) is 13.8 Å². The van der Waals surface area contributed by atoms with Gasteiger partial charge < -0.3 is 20.1 Å². The topological polar surface area (TPSA) is 78.9 Å². The number of carbonyl (C=O) groups excluding carboxylic acids is 1. The summed E-state index contributed by atoms with van der Waals surface area (Å²) in [6.45, 7) is 4.39. The van der Waals surface area contributed by atoms with Crippen LogP contribution in [0.15, 0.2) is 0 Å². The van der Waals surface area contributed by atoms with Crippen molar-refractivity contribution in [3.8, 4) is 0 Å². The van der Waals surface area contributed by atoms with E-state index in [4.69, 9.17) is 9.84 Å². The second-order valence-electron chi connectivity index (χ2n) is 4.53. The van der Waals surface area contributed by atoms with Gasteiger partial charge in [-0.3, -0.25) is 4.79 Å². The van der Waals surface area contributed by atoms with E-state index in [0.29, 0.717) is 13.0 Å². The summed E-state index contributed by atoms with van der Waals surface area (Å²) in [5.74, 6) is -1.16. The first kappa shape index (κ1) is 13.9. The quantitative estimate of drug-likeness (QED) is 0.693. The Morgan fingerprint density at radius 2 is 2.18 bits per heavy atom. The highest BCUT2D eigenvalue weighted by molar-refractivity contribution is 5.85. The molecule has 0 spiro atoms. The van der Waals surface area contributed by atoms with Gasteiger partial charge in [0.1, 0.15) is 6.04 Å². The molecular weight excluding hydrogens is 224 g/mol. The highest BCUT2D eigenvalue weighted by atomic mass is 16.5. The minimum atomic E-state index is -0.970. The number of hydrogen-bond acceptors (Lipinski definition) is 4. The fourth-order valence-electron chi connectivity index (χ4n) is 1.87. The van der Waals surface area contributed by atoms with Crippen LogP contribution in [0.25, 0.3) is 0 Å². The molecule has 0 aromatic heterocycles. The van der Waals surface area contributed by atoms with Crippen LogP contribution in [0.1, 0.15) is 20.3 Å². The van der Waals surface area contributed by atoms with Gasteiger partial charge >= 0.3 is 5.97 Å². The highest BCUT2D eigenvalue weighted by Crippen LogP contribution is 2.20. The summed E-state index contributed by atoms with van der Waals surface area (Å²) in [6.07, 6.45) is 0.179. The molecule has 17 heavy (non-hydrogen) atoms. The van der Waals surface area contributed by atoms with Gasteiger partial charge in [0.05, 0.1) is 12.6 Å². The summed E-state index contributed by atoms with van der Waals surface area (Å²) in [7, 11) is 1.53. The van der Waals surface area contributed by atoms with E-state index in [1.165, 1.54) is 12.0 Å². The zero-order chi connectivity index (χ0) is 13.0. The Labute approximate surface area is 101 Å². The maximum atomic E-state index is 11.9. The maximum absolute atomic E-state index is 11.9. The van der Waals surface area contributed by atoms with E-state index in [0.717, 1.165) is 0 Å². The van der Waals surface area contributed by atoms with Crippen molar-refractivity contribution in [3.63, 3.8) is 0 Å². The lowest BCUT2D eigenvalue weighted by molar-refractivity contribution is -0.147. The van der Waals surface area contributed by atoms with Gasteiger partial charge in [-0.1, -0.05) is 13.8 Å². The molecule has 2 N–H and O–H groups in total. The summed E-state index contributed by atoms with van der Waals surface area (Å²) in [5, 5.41) is 12.0. The van der Waals surface area contributed by atoms with Gasteiger partial charge in [0.2, 0.25) is 5.91 Å². The molecule has 98 valence electrons. The number of carboxylic acids is 1. The van der Waals surface area contributed by atoms with Crippen LogP contribution in [0.3, 0.4) is 0 Å². The third-order valence-electron chi connectivity index (χ3n) is 2.86. The number of nitrogens with zero attached hydrogens (tertiary/aromatic N) is 1. The second kappa shape index (κ2) is 5.97. The normalized spacial score (nSPS) is 24.4. The number of ether oxygens (including phenoxy) is 1. The predicted octanol–water partition coefficient (Wildman–Crippen LogP) is -0.315. The van der Waals surface area contributed by atoms with Gasteiger partial charge in [0.25, 0.3) is 0 Å². The molecular formula is C11H20N2O4. The molecule has 0 aliphatic carbocycles. The molecule has 0 saturated carbocycles. The van der Waals surface area contributed by atoms with Crippen molar-refractivity contribution >= 4 is 11.9 Å². The van der Waals surface area contributed by atoms with Crippen LogP contribution in [0.2, 0.25) is 0 Å². The minimum absolute atomic E-state index is 0.165. The minimum Gasteiger partial charge on any atom is -0.480 e. The van der Waals surface area contributed by atoms with Crippen LogP contribution in [0, 0.1) is 0 Å². The maximum Gasteiger partial charge on any atom is 0.326 e. The first-order valence-electron chi connectivity index (χ1n) is 5.74. The summed E-state index contributed by atoms with van der Waals surface area (Å²) < 4.78 is 5.12. The smallest absolute Gasteiger partial charge is 0.326 e. The predicted molar refractivity (Wildman–Crippen MR) is 61.7 cm³/mol. The lowest BCUT2D eigenvalue weighted by Crippen LogP contribution is -2.45. The summed E-state index contributed by atoms with van der Waals surface area (Å²) in [5.41, 5.74) is 0. The molecule has 1 aliphatic rings. The van der Waals surface area contributed by atoms with Crippen LogP contribution in [-0.4, -0.2) is 60.3 Å². The lowest BCUT2D eigenvalue weighted by Gasteiger charge is -2.22. The molecule has 1 rings (SSSR count). The number of methoxy groups -OCH3 is 1. The molecule has 0 radical (unpaired) electrons. The molecule has 1 fully saturated rings. The van der Waals surface area contributed by atoms with Gasteiger partial charge in [-0.05, 0) is 0 Å². The monoisotopic (exact) mass is 244 g/mol. The summed E-state index contributed by atoms with van der Waals surface area (Å²) in [4.78, 5) is 24.3. The fourth-order valence-corrected chi connectivity index (χ4v) is 1.87. The van der Waals surface area contributed by atoms with Crippen molar-refractivity contribution in [2.75, 3.05) is 20.2 Å². The molecule has 0 bridgehead atoms. The van der Waals surface area contributed by atoms with Crippen molar-refractivity contribution in [2.24, 2.45) is 0 Å². The first-order valence-corrected chi connectivity index (χ1v) is 5.74. The molecule has 1 saturated heterocycles. The van der Waals surface area contributed by atoms with E-state index in [-0.39, 0.29) is 24.6 Å². The van der Waals surface area contributed by atoms with Gasteiger partial charge in [0.15, 0.2) is 0 Å². The van der Waals surface area contributed by atoms with Gasteiger partial charge in [-0.15, -0.1) is 0 Å². The number of rotatable bonds is 5. The Morgan fingerprint density at radius 1 is 1.53 bits per heavy atom. The van der Waals surface area contributed by atoms with Crippen molar-refractivity contribution < 1.29 is 19.4 Å². The Hall–Kier alpha value is -1.14. The number of carboxylic acid groups (broad SMARTS) is 1. The Balaban J connectivity index is 2.60. The molecule has 2 atom stereocenters. The Kier molecular flexibility index (Phi) is 4.89. The van der Waals surface area contributed by atoms with E-state index in [1.54, 1.807) is 0 Å². The van der Waals surface area contributed by atoms with E-state index < -0.39 is 12.0 Å². The molecule has 1 aliphatic heterocycles. The highest BCUT2D eigenvalue weighted by Gasteiger charge is 2.39. The second-order valence-corrected chi connectivity index (χ2v) is 4.53. The van der Waals surface area contributed by atoms with Crippen LogP contribution in [0.5, 0.6) is 0 Å². The summed E-state index contributed by atoms with van der Waals surface area (Å²) >= 11 is 0. The van der Waals surface area contributed by atoms with Crippen molar-refractivity contribution in [3.05, 3.63) is 0 Å². The number of aliphatic carboxylic acids is 1. The molecule has 0 aromatic rings. The third kappa shape index (κ3) is 3.67. The molecule has 2 unspecified atom stereocenters. The van der Waals surface area contributed by atoms with Gasteiger partial charge in [-0.2, -0.15) is 0 Å². The number of carbonyl (C=O) groups is 2. The van der Waals surface area contributed by atoms with Crippen LogP contribution in [-0.2, 0) is 14.3 Å². The van der Waals surface area contributed by atoms with E-state index in [9.17, 15) is 9.59 Å². The van der Waals surface area contributed by atoms with Crippen LogP contribution >= 0.6 is 0 Å². The molecule has 1 amide bonds. The van der Waals surface area contributed by atoms with Crippen molar-refractivity contribution in [1.82, 2.24) is 10.2 Å². The number of amides is 1. The molecule has 1 heterocycles. The first-order chi connectivity index (χ1) is 7.95. The fraction of sp³-hybridized carbons (Fsp3) is 0.818. The Bertz CT molecular complexity index is 293. The van der Waals surface area contributed by atoms with Gasteiger partial charge in [0, 0.05) is 26.1 Å². The Morgan fingerprint density at radius 3 is 2.65 bits per heavy atom. The molecule has 6 nitrogen and oxygen atoms in total. The average molecular weight is 244 g/mol.